The zero-order valence-corrected chi connectivity index (χ0v) is 16.7. The number of likely N-dealkylation sites (N-methyl/N-ethyl adjacent to an activating group) is 1. The molecule has 130 valence electrons. The maximum absolute atomic E-state index is 5.57. The van der Waals surface area contributed by atoms with E-state index in [1.807, 2.05) is 19.2 Å². The largest absolute Gasteiger partial charge is 0.468 e. The van der Waals surface area contributed by atoms with Crippen molar-refractivity contribution >= 4 is 29.9 Å². The molecule has 1 aromatic heterocycles. The molecule has 1 saturated carbocycles. The Labute approximate surface area is 156 Å². The van der Waals surface area contributed by atoms with Crippen molar-refractivity contribution in [1.29, 1.82) is 0 Å². The van der Waals surface area contributed by atoms with Gasteiger partial charge in [-0.05, 0) is 50.9 Å². The van der Waals surface area contributed by atoms with Crippen LogP contribution in [0, 0.1) is 5.41 Å². The summed E-state index contributed by atoms with van der Waals surface area (Å²) in [6.45, 7) is 3.10. The van der Waals surface area contributed by atoms with E-state index in [1.165, 1.54) is 32.2 Å². The Hall–Kier alpha value is -0.760. The number of furan rings is 1. The Morgan fingerprint density at radius 1 is 1.43 bits per heavy atom. The summed E-state index contributed by atoms with van der Waals surface area (Å²) in [6, 6.07) is 4.20. The number of nitrogens with one attached hydrogen (secondary N) is 1. The van der Waals surface area contributed by atoms with E-state index in [1.54, 1.807) is 6.26 Å². The van der Waals surface area contributed by atoms with Gasteiger partial charge in [0.2, 0.25) is 0 Å². The monoisotopic (exact) mass is 432 g/mol. The van der Waals surface area contributed by atoms with E-state index < -0.39 is 0 Å². The van der Waals surface area contributed by atoms with Crippen LogP contribution in [-0.2, 0) is 0 Å². The molecule has 1 aliphatic carbocycles. The summed E-state index contributed by atoms with van der Waals surface area (Å²) < 4.78 is 5.57. The van der Waals surface area contributed by atoms with Crippen LogP contribution in [0.5, 0.6) is 0 Å². The highest BCUT2D eigenvalue weighted by molar-refractivity contribution is 14.0. The fourth-order valence-corrected chi connectivity index (χ4v) is 3.74. The van der Waals surface area contributed by atoms with Gasteiger partial charge in [-0.25, -0.2) is 0 Å². The molecular weight excluding hydrogens is 403 g/mol. The average Bonchev–Trinajstić information content (AvgIpc) is 3.12. The molecule has 1 aromatic rings. The molecule has 2 fully saturated rings. The zero-order chi connectivity index (χ0) is 15.6. The van der Waals surface area contributed by atoms with E-state index in [2.05, 4.69) is 34.2 Å². The number of halogens is 1. The molecule has 1 saturated heterocycles. The third-order valence-electron chi connectivity index (χ3n) is 5.31. The van der Waals surface area contributed by atoms with Gasteiger partial charge >= 0.3 is 0 Å². The topological polar surface area (TPSA) is 44.0 Å². The van der Waals surface area contributed by atoms with Crippen LogP contribution < -0.4 is 5.32 Å². The third kappa shape index (κ3) is 4.02. The molecule has 1 atom stereocenters. The molecule has 3 rings (SSSR count). The van der Waals surface area contributed by atoms with Gasteiger partial charge in [0.05, 0.1) is 12.3 Å². The van der Waals surface area contributed by atoms with Gasteiger partial charge < -0.3 is 14.6 Å². The number of rotatable bonds is 4. The normalized spacial score (nSPS) is 21.2. The highest BCUT2D eigenvalue weighted by Gasteiger charge is 2.43. The molecule has 6 heteroatoms. The van der Waals surface area contributed by atoms with Crippen LogP contribution in [0.1, 0.15) is 37.5 Å². The van der Waals surface area contributed by atoms with Crippen LogP contribution in [0.3, 0.4) is 0 Å². The molecule has 1 spiro atoms. The zero-order valence-electron chi connectivity index (χ0n) is 14.4. The molecular formula is C17H29IN4O. The first-order valence-electron chi connectivity index (χ1n) is 8.29. The van der Waals surface area contributed by atoms with Gasteiger partial charge in [-0.2, -0.15) is 0 Å². The molecule has 5 nitrogen and oxygen atoms in total. The molecule has 0 amide bonds. The molecule has 0 bridgehead atoms. The fraction of sp³-hybridized carbons (Fsp3) is 0.706. The molecule has 2 heterocycles. The van der Waals surface area contributed by atoms with E-state index in [0.29, 0.717) is 5.41 Å². The Kier molecular flexibility index (Phi) is 6.36. The minimum Gasteiger partial charge on any atom is -0.468 e. The Morgan fingerprint density at radius 2 is 2.22 bits per heavy atom. The van der Waals surface area contributed by atoms with Crippen molar-refractivity contribution in [1.82, 2.24) is 15.1 Å². The average molecular weight is 432 g/mol. The van der Waals surface area contributed by atoms with Crippen LogP contribution >= 0.6 is 24.0 Å². The number of guanidine groups is 1. The molecule has 2 aliphatic rings. The Balaban J connectivity index is 0.00000192. The van der Waals surface area contributed by atoms with Gasteiger partial charge in [0.1, 0.15) is 5.76 Å². The quantitative estimate of drug-likeness (QED) is 0.452. The van der Waals surface area contributed by atoms with Gasteiger partial charge in [0.15, 0.2) is 5.96 Å². The molecule has 0 radical (unpaired) electrons. The lowest BCUT2D eigenvalue weighted by molar-refractivity contribution is 0.151. The van der Waals surface area contributed by atoms with Crippen molar-refractivity contribution < 1.29 is 4.42 Å². The van der Waals surface area contributed by atoms with E-state index >= 15 is 0 Å². The van der Waals surface area contributed by atoms with Gasteiger partial charge in [0, 0.05) is 26.7 Å². The second kappa shape index (κ2) is 7.88. The van der Waals surface area contributed by atoms with E-state index in [4.69, 9.17) is 4.42 Å². The van der Waals surface area contributed by atoms with E-state index in [9.17, 15) is 0 Å². The van der Waals surface area contributed by atoms with E-state index in [0.717, 1.165) is 24.8 Å². The molecule has 23 heavy (non-hydrogen) atoms. The fourth-order valence-electron chi connectivity index (χ4n) is 3.74. The Bertz CT molecular complexity index is 511. The summed E-state index contributed by atoms with van der Waals surface area (Å²) in [5, 5.41) is 3.54. The first kappa shape index (κ1) is 18.6. The number of nitrogens with zero attached hydrogens (tertiary/aromatic N) is 3. The van der Waals surface area contributed by atoms with Gasteiger partial charge in [-0.1, -0.05) is 6.42 Å². The number of hydrogen-bond donors (Lipinski definition) is 1. The van der Waals surface area contributed by atoms with Crippen LogP contribution in [0.2, 0.25) is 0 Å². The SMILES string of the molecule is CN=C(NCC(c1ccco1)N(C)C)N1CCC2(CCC2)C1.I. The first-order valence-corrected chi connectivity index (χ1v) is 8.29. The van der Waals surface area contributed by atoms with Crippen LogP contribution in [-0.4, -0.2) is 56.5 Å². The highest BCUT2D eigenvalue weighted by atomic mass is 127. The summed E-state index contributed by atoms with van der Waals surface area (Å²) >= 11 is 0. The lowest BCUT2D eigenvalue weighted by Crippen LogP contribution is -2.45. The summed E-state index contributed by atoms with van der Waals surface area (Å²) in [7, 11) is 6.04. The second-order valence-corrected chi connectivity index (χ2v) is 6.95. The third-order valence-corrected chi connectivity index (χ3v) is 5.31. The minimum absolute atomic E-state index is 0. The van der Waals surface area contributed by atoms with Crippen molar-refractivity contribution in [3.63, 3.8) is 0 Å². The summed E-state index contributed by atoms with van der Waals surface area (Å²) in [4.78, 5) is 9.09. The Morgan fingerprint density at radius 3 is 2.70 bits per heavy atom. The molecule has 1 aliphatic heterocycles. The summed E-state index contributed by atoms with van der Waals surface area (Å²) in [5.41, 5.74) is 0.597. The van der Waals surface area contributed by atoms with Gasteiger partial charge in [0.25, 0.3) is 0 Å². The first-order chi connectivity index (χ1) is 10.6. The highest BCUT2D eigenvalue weighted by Crippen LogP contribution is 2.47. The molecule has 1 unspecified atom stereocenters. The minimum atomic E-state index is 0. The summed E-state index contributed by atoms with van der Waals surface area (Å²) in [5.74, 6) is 2.02. The standard InChI is InChI=1S/C17H28N4O.HI/c1-18-16(21-10-9-17(13-21)7-5-8-17)19-12-14(20(2)3)15-6-4-11-22-15;/h4,6,11,14H,5,7-10,12-13H2,1-3H3,(H,18,19);1H. The van der Waals surface area contributed by atoms with Gasteiger partial charge in [-0.15, -0.1) is 24.0 Å². The number of hydrogen-bond acceptors (Lipinski definition) is 3. The van der Waals surface area contributed by atoms with Crippen molar-refractivity contribution in [3.05, 3.63) is 24.2 Å². The van der Waals surface area contributed by atoms with Gasteiger partial charge in [-0.3, -0.25) is 9.89 Å². The molecule has 0 aromatic carbocycles. The lowest BCUT2D eigenvalue weighted by Gasteiger charge is -2.38. The van der Waals surface area contributed by atoms with Crippen molar-refractivity contribution in [3.8, 4) is 0 Å². The predicted molar refractivity (Wildman–Crippen MR) is 104 cm³/mol. The maximum Gasteiger partial charge on any atom is 0.193 e. The van der Waals surface area contributed by atoms with Crippen LogP contribution in [0.4, 0.5) is 0 Å². The number of likely N-dealkylation sites (tertiary alicyclic amines) is 1. The van der Waals surface area contributed by atoms with E-state index in [-0.39, 0.29) is 30.0 Å². The lowest BCUT2D eigenvalue weighted by atomic mass is 9.68. The maximum atomic E-state index is 5.57. The predicted octanol–water partition coefficient (Wildman–Crippen LogP) is 2.95. The number of aliphatic imine (C=N–C) groups is 1. The molecule has 1 N–H and O–H groups in total. The van der Waals surface area contributed by atoms with Crippen molar-refractivity contribution in [2.24, 2.45) is 10.4 Å². The smallest absolute Gasteiger partial charge is 0.193 e. The van der Waals surface area contributed by atoms with Crippen LogP contribution in [0.25, 0.3) is 0 Å². The van der Waals surface area contributed by atoms with Crippen molar-refractivity contribution in [2.75, 3.05) is 40.8 Å². The van der Waals surface area contributed by atoms with Crippen molar-refractivity contribution in [2.45, 2.75) is 31.7 Å². The summed E-state index contributed by atoms with van der Waals surface area (Å²) in [6.07, 6.45) is 7.26. The van der Waals surface area contributed by atoms with Crippen LogP contribution in [0.15, 0.2) is 27.8 Å². The second-order valence-electron chi connectivity index (χ2n) is 6.95.